The van der Waals surface area contributed by atoms with Gasteiger partial charge in [0.1, 0.15) is 5.69 Å². The fourth-order valence-corrected chi connectivity index (χ4v) is 4.60. The molecule has 1 aliphatic carbocycles. The normalized spacial score (nSPS) is 14.5. The van der Waals surface area contributed by atoms with Crippen LogP contribution in [0.2, 0.25) is 0 Å². The van der Waals surface area contributed by atoms with Crippen molar-refractivity contribution in [1.82, 2.24) is 9.47 Å². The summed E-state index contributed by atoms with van der Waals surface area (Å²) in [5.41, 5.74) is 2.20. The van der Waals surface area contributed by atoms with E-state index in [1.165, 1.54) is 13.4 Å². The van der Waals surface area contributed by atoms with Crippen LogP contribution in [-0.2, 0) is 11.3 Å². The number of rotatable bonds is 7. The molecule has 0 spiro atoms. The van der Waals surface area contributed by atoms with Crippen LogP contribution in [0.5, 0.6) is 0 Å². The summed E-state index contributed by atoms with van der Waals surface area (Å²) in [7, 11) is 1.33. The van der Waals surface area contributed by atoms with Crippen LogP contribution < -0.4 is 0 Å². The molecule has 2 aromatic heterocycles. The quantitative estimate of drug-likeness (QED) is 0.502. The first-order valence-electron chi connectivity index (χ1n) is 10.6. The second kappa shape index (κ2) is 9.32. The predicted molar refractivity (Wildman–Crippen MR) is 112 cm³/mol. The Morgan fingerprint density at radius 3 is 2.47 bits per heavy atom. The Labute approximate surface area is 177 Å². The zero-order valence-corrected chi connectivity index (χ0v) is 18.2. The summed E-state index contributed by atoms with van der Waals surface area (Å²) in [6.45, 7) is 6.01. The highest BCUT2D eigenvalue weighted by Crippen LogP contribution is 2.27. The molecule has 0 N–H and O–H groups in total. The maximum atomic E-state index is 13.4. The molecule has 7 heteroatoms. The van der Waals surface area contributed by atoms with E-state index in [1.54, 1.807) is 28.5 Å². The van der Waals surface area contributed by atoms with Crippen molar-refractivity contribution in [2.75, 3.05) is 13.7 Å². The highest BCUT2D eigenvalue weighted by Gasteiger charge is 2.32. The maximum Gasteiger partial charge on any atom is 0.354 e. The van der Waals surface area contributed by atoms with E-state index in [0.717, 1.165) is 37.8 Å². The molecule has 1 amide bonds. The molecular weight excluding hydrogens is 384 g/mol. The minimum atomic E-state index is -0.465. The van der Waals surface area contributed by atoms with Gasteiger partial charge in [0, 0.05) is 23.8 Å². The lowest BCUT2D eigenvalue weighted by molar-refractivity contribution is 0.0567. The van der Waals surface area contributed by atoms with Crippen LogP contribution in [0.3, 0.4) is 0 Å². The number of ketones is 1. The molecule has 0 radical (unpaired) electrons. The maximum absolute atomic E-state index is 13.4. The number of esters is 1. The minimum absolute atomic E-state index is 0.00857. The van der Waals surface area contributed by atoms with Gasteiger partial charge in [-0.2, -0.15) is 0 Å². The molecule has 30 heavy (non-hydrogen) atoms. The number of furan rings is 1. The standard InChI is InChI=1S/C23H30N2O5/c1-5-24-16(3)20(15(2)21(24)23(28)29-4)18(26)14-25(17-10-7-6-8-11-17)22(27)19-12-9-13-30-19/h9,12-13,17H,5-8,10-11,14H2,1-4H3. The zero-order chi connectivity index (χ0) is 21.8. The van der Waals surface area contributed by atoms with Gasteiger partial charge in [-0.05, 0) is 51.3 Å². The number of hydrogen-bond acceptors (Lipinski definition) is 5. The van der Waals surface area contributed by atoms with Crippen molar-refractivity contribution in [3.63, 3.8) is 0 Å². The number of hydrogen-bond donors (Lipinski definition) is 0. The van der Waals surface area contributed by atoms with E-state index in [4.69, 9.17) is 9.15 Å². The number of carbonyl (C=O) groups excluding carboxylic acids is 3. The van der Waals surface area contributed by atoms with E-state index >= 15 is 0 Å². The van der Waals surface area contributed by atoms with Gasteiger partial charge < -0.3 is 18.6 Å². The van der Waals surface area contributed by atoms with Crippen LogP contribution in [0.4, 0.5) is 0 Å². The van der Waals surface area contributed by atoms with Crippen molar-refractivity contribution in [2.24, 2.45) is 0 Å². The van der Waals surface area contributed by atoms with E-state index in [9.17, 15) is 14.4 Å². The lowest BCUT2D eigenvalue weighted by atomic mass is 9.93. The number of aromatic nitrogens is 1. The first kappa shape index (κ1) is 21.9. The summed E-state index contributed by atoms with van der Waals surface area (Å²) in [6, 6.07) is 3.31. The molecule has 0 aromatic carbocycles. The Bertz CT molecular complexity index is 920. The van der Waals surface area contributed by atoms with Crippen molar-refractivity contribution in [1.29, 1.82) is 0 Å². The van der Waals surface area contributed by atoms with Crippen molar-refractivity contribution in [2.45, 2.75) is 65.5 Å². The molecule has 0 bridgehead atoms. The molecule has 1 aliphatic rings. The van der Waals surface area contributed by atoms with E-state index in [1.807, 2.05) is 13.8 Å². The Morgan fingerprint density at radius 2 is 1.90 bits per heavy atom. The van der Waals surface area contributed by atoms with E-state index in [2.05, 4.69) is 0 Å². The van der Waals surface area contributed by atoms with Crippen LogP contribution in [0.15, 0.2) is 22.8 Å². The second-order valence-corrected chi connectivity index (χ2v) is 7.80. The summed E-state index contributed by atoms with van der Waals surface area (Å²) in [5.74, 6) is -0.665. The lowest BCUT2D eigenvalue weighted by Crippen LogP contribution is -2.44. The van der Waals surface area contributed by atoms with Crippen LogP contribution in [0.1, 0.15) is 81.7 Å². The highest BCUT2D eigenvalue weighted by atomic mass is 16.5. The van der Waals surface area contributed by atoms with Gasteiger partial charge in [0.25, 0.3) is 5.91 Å². The molecule has 1 fully saturated rings. The van der Waals surface area contributed by atoms with E-state index in [-0.39, 0.29) is 30.0 Å². The number of nitrogens with zero attached hydrogens (tertiary/aromatic N) is 2. The predicted octanol–water partition coefficient (Wildman–Crippen LogP) is 4.16. The summed E-state index contributed by atoms with van der Waals surface area (Å²) in [4.78, 5) is 40.5. The molecule has 2 heterocycles. The second-order valence-electron chi connectivity index (χ2n) is 7.80. The largest absolute Gasteiger partial charge is 0.464 e. The third kappa shape index (κ3) is 4.06. The van der Waals surface area contributed by atoms with Crippen molar-refractivity contribution >= 4 is 17.7 Å². The van der Waals surface area contributed by atoms with E-state index < -0.39 is 5.97 Å². The smallest absolute Gasteiger partial charge is 0.354 e. The van der Waals surface area contributed by atoms with Crippen molar-refractivity contribution < 1.29 is 23.5 Å². The molecular formula is C23H30N2O5. The van der Waals surface area contributed by atoms with Gasteiger partial charge in [0.2, 0.25) is 0 Å². The highest BCUT2D eigenvalue weighted by molar-refractivity contribution is 6.05. The van der Waals surface area contributed by atoms with Gasteiger partial charge in [0.05, 0.1) is 19.9 Å². The average molecular weight is 415 g/mol. The first-order chi connectivity index (χ1) is 14.4. The van der Waals surface area contributed by atoms with Gasteiger partial charge in [-0.1, -0.05) is 19.3 Å². The SMILES string of the molecule is CCn1c(C)c(C(=O)CN(C(=O)c2ccco2)C2CCCCC2)c(C)c1C(=O)OC. The van der Waals surface area contributed by atoms with Crippen LogP contribution in [0.25, 0.3) is 0 Å². The topological polar surface area (TPSA) is 81.8 Å². The van der Waals surface area contributed by atoms with Gasteiger partial charge in [-0.25, -0.2) is 4.79 Å². The summed E-state index contributed by atoms with van der Waals surface area (Å²) < 4.78 is 12.0. The monoisotopic (exact) mass is 414 g/mol. The molecule has 162 valence electrons. The fourth-order valence-electron chi connectivity index (χ4n) is 4.60. The van der Waals surface area contributed by atoms with Crippen LogP contribution >= 0.6 is 0 Å². The van der Waals surface area contributed by atoms with Gasteiger partial charge in [-0.15, -0.1) is 0 Å². The van der Waals surface area contributed by atoms with Gasteiger partial charge >= 0.3 is 5.97 Å². The van der Waals surface area contributed by atoms with Crippen molar-refractivity contribution in [3.8, 4) is 0 Å². The number of methoxy groups -OCH3 is 1. The Hall–Kier alpha value is -2.83. The number of carbonyl (C=O) groups is 3. The average Bonchev–Trinajstić information content (AvgIpc) is 3.37. The molecule has 0 unspecified atom stereocenters. The van der Waals surface area contributed by atoms with Gasteiger partial charge in [-0.3, -0.25) is 9.59 Å². The fraction of sp³-hybridized carbons (Fsp3) is 0.522. The molecule has 7 nitrogen and oxygen atoms in total. The van der Waals surface area contributed by atoms with Crippen molar-refractivity contribution in [3.05, 3.63) is 46.7 Å². The third-order valence-corrected chi connectivity index (χ3v) is 6.06. The molecule has 3 rings (SSSR count). The summed E-state index contributed by atoms with van der Waals surface area (Å²) in [6.07, 6.45) is 6.44. The molecule has 1 saturated carbocycles. The third-order valence-electron chi connectivity index (χ3n) is 6.06. The Kier molecular flexibility index (Phi) is 6.80. The zero-order valence-electron chi connectivity index (χ0n) is 18.2. The lowest BCUT2D eigenvalue weighted by Gasteiger charge is -2.33. The van der Waals surface area contributed by atoms with E-state index in [0.29, 0.717) is 23.4 Å². The Balaban J connectivity index is 1.95. The summed E-state index contributed by atoms with van der Waals surface area (Å²) in [5, 5.41) is 0. The number of Topliss-reactive ketones (excluding diaryl/α,β-unsaturated/α-hetero) is 1. The number of ether oxygens (including phenoxy) is 1. The van der Waals surface area contributed by atoms with Gasteiger partial charge in [0.15, 0.2) is 11.5 Å². The molecule has 0 atom stereocenters. The van der Waals surface area contributed by atoms with Crippen LogP contribution in [-0.4, -0.2) is 46.8 Å². The van der Waals surface area contributed by atoms with Crippen LogP contribution in [0, 0.1) is 13.8 Å². The molecule has 0 aliphatic heterocycles. The number of amides is 1. The summed E-state index contributed by atoms with van der Waals surface area (Å²) >= 11 is 0. The minimum Gasteiger partial charge on any atom is -0.464 e. The first-order valence-corrected chi connectivity index (χ1v) is 10.6. The molecule has 0 saturated heterocycles. The molecule has 2 aromatic rings. The Morgan fingerprint density at radius 1 is 1.20 bits per heavy atom.